The van der Waals surface area contributed by atoms with Gasteiger partial charge in [-0.05, 0) is 64.2 Å². The van der Waals surface area contributed by atoms with Gasteiger partial charge in [0, 0.05) is 33.5 Å². The molecule has 43 heavy (non-hydrogen) atoms. The predicted molar refractivity (Wildman–Crippen MR) is 172 cm³/mol. The summed E-state index contributed by atoms with van der Waals surface area (Å²) in [5.74, 6) is 2.92. The summed E-state index contributed by atoms with van der Waals surface area (Å²) in [6, 6.07) is 39.9. The Kier molecular flexibility index (Phi) is 4.92. The summed E-state index contributed by atoms with van der Waals surface area (Å²) in [6.07, 6.45) is 1.82. The predicted octanol–water partition coefficient (Wildman–Crippen LogP) is 10.3. The number of fused-ring (bicyclic) bond motifs is 8. The number of aromatic nitrogens is 2. The lowest BCUT2D eigenvalue weighted by atomic mass is 9.82. The average molecular weight is 555 g/mol. The van der Waals surface area contributed by atoms with Gasteiger partial charge in [0.1, 0.15) is 0 Å². The first-order valence-corrected chi connectivity index (χ1v) is 14.6. The lowest BCUT2D eigenvalue weighted by Crippen LogP contribution is -2.15. The molecular weight excluding hydrogens is 528 g/mol. The lowest BCUT2D eigenvalue weighted by Gasteiger charge is -2.26. The number of rotatable bonds is 2. The molecule has 2 aromatic heterocycles. The monoisotopic (exact) mass is 554 g/mol. The molecule has 4 nitrogen and oxygen atoms in total. The zero-order valence-electron chi connectivity index (χ0n) is 23.8. The van der Waals surface area contributed by atoms with Crippen molar-refractivity contribution in [3.8, 4) is 56.5 Å². The lowest BCUT2D eigenvalue weighted by molar-refractivity contribution is 0.360. The van der Waals surface area contributed by atoms with Crippen LogP contribution in [0.25, 0.3) is 55.3 Å². The van der Waals surface area contributed by atoms with Gasteiger partial charge in [-0.15, -0.1) is 0 Å². The Morgan fingerprint density at radius 1 is 0.535 bits per heavy atom. The highest BCUT2D eigenvalue weighted by Gasteiger charge is 2.37. The molecule has 1 aliphatic carbocycles. The van der Waals surface area contributed by atoms with Crippen molar-refractivity contribution in [3.05, 3.63) is 133 Å². The molecule has 0 saturated heterocycles. The molecule has 7 aromatic rings. The zero-order valence-corrected chi connectivity index (χ0v) is 23.8. The molecule has 5 aromatic carbocycles. The van der Waals surface area contributed by atoms with Gasteiger partial charge >= 0.3 is 0 Å². The van der Waals surface area contributed by atoms with Crippen LogP contribution in [0.1, 0.15) is 25.0 Å². The van der Waals surface area contributed by atoms with E-state index in [-0.39, 0.29) is 5.41 Å². The Labute approximate surface area is 249 Å². The molecule has 1 aliphatic heterocycles. The van der Waals surface area contributed by atoms with Gasteiger partial charge in [0.15, 0.2) is 23.0 Å². The molecule has 0 N–H and O–H groups in total. The topological polar surface area (TPSA) is 44.2 Å². The molecule has 0 saturated carbocycles. The van der Waals surface area contributed by atoms with Crippen LogP contribution in [-0.4, -0.2) is 9.97 Å². The van der Waals surface area contributed by atoms with Crippen molar-refractivity contribution in [3.63, 3.8) is 0 Å². The number of nitrogens with zero attached hydrogens (tertiary/aromatic N) is 2. The smallest absolute Gasteiger partial charge is 0.177 e. The van der Waals surface area contributed by atoms with E-state index < -0.39 is 0 Å². The van der Waals surface area contributed by atoms with Crippen LogP contribution in [0.4, 0.5) is 0 Å². The minimum absolute atomic E-state index is 0.105. The van der Waals surface area contributed by atoms with Crippen LogP contribution < -0.4 is 9.47 Å². The van der Waals surface area contributed by atoms with Crippen LogP contribution in [0.15, 0.2) is 121 Å². The van der Waals surface area contributed by atoms with Gasteiger partial charge in [-0.25, -0.2) is 4.98 Å². The summed E-state index contributed by atoms with van der Waals surface area (Å²) in [5, 5.41) is 2.16. The number of pyridine rings is 2. The van der Waals surface area contributed by atoms with E-state index in [1.54, 1.807) is 0 Å². The molecule has 0 spiro atoms. The van der Waals surface area contributed by atoms with Crippen LogP contribution in [0.5, 0.6) is 23.0 Å². The van der Waals surface area contributed by atoms with Crippen LogP contribution in [0.3, 0.4) is 0 Å². The summed E-state index contributed by atoms with van der Waals surface area (Å²) in [4.78, 5) is 9.70. The summed E-state index contributed by atoms with van der Waals surface area (Å²) in [5.41, 5.74) is 10.7. The molecule has 0 atom stereocenters. The van der Waals surface area contributed by atoms with Gasteiger partial charge in [-0.3, -0.25) is 4.98 Å². The first kappa shape index (κ1) is 24.2. The number of hydrogen-bond donors (Lipinski definition) is 0. The summed E-state index contributed by atoms with van der Waals surface area (Å²) < 4.78 is 13.2. The minimum atomic E-state index is -0.105. The van der Waals surface area contributed by atoms with E-state index in [4.69, 9.17) is 14.5 Å². The van der Waals surface area contributed by atoms with Crippen LogP contribution in [-0.2, 0) is 5.41 Å². The normalized spacial score (nSPS) is 13.9. The van der Waals surface area contributed by atoms with Crippen molar-refractivity contribution in [2.24, 2.45) is 0 Å². The standard InChI is InChI=1S/C39H26N2O2/c1-39(2)30-13-4-3-11-28(30)29-21-34-35(22-31(29)39)42-33-14-6-12-27(38(33)43-34)25-8-5-9-26(20-25)32-18-17-24-16-15-23-10-7-19-40-36(23)37(24)41-32/h3-22H,1-2H3. The van der Waals surface area contributed by atoms with Gasteiger partial charge in [0.2, 0.25) is 0 Å². The fourth-order valence-electron chi connectivity index (χ4n) is 6.76. The Balaban J connectivity index is 1.13. The fourth-order valence-corrected chi connectivity index (χ4v) is 6.76. The summed E-state index contributed by atoms with van der Waals surface area (Å²) in [6.45, 7) is 4.55. The Morgan fingerprint density at radius 2 is 1.30 bits per heavy atom. The number of benzene rings is 5. The molecule has 9 rings (SSSR count). The van der Waals surface area contributed by atoms with E-state index >= 15 is 0 Å². The quantitative estimate of drug-likeness (QED) is 0.199. The molecular formula is C39H26N2O2. The molecule has 4 heteroatoms. The maximum atomic E-state index is 6.67. The van der Waals surface area contributed by atoms with Crippen molar-refractivity contribution < 1.29 is 9.47 Å². The fraction of sp³-hybridized carbons (Fsp3) is 0.0769. The highest BCUT2D eigenvalue weighted by Crippen LogP contribution is 2.56. The Hall–Kier alpha value is -5.48. The van der Waals surface area contributed by atoms with Crippen molar-refractivity contribution in [1.82, 2.24) is 9.97 Å². The molecule has 0 amide bonds. The average Bonchev–Trinajstić information content (AvgIpc) is 3.27. The van der Waals surface area contributed by atoms with Crippen LogP contribution >= 0.6 is 0 Å². The SMILES string of the molecule is CC1(C)c2ccccc2-c2cc3c(cc21)Oc1cccc(-c2cccc(-c4ccc5ccc6cccnc6c5n4)c2)c1O3. The van der Waals surface area contributed by atoms with Crippen LogP contribution in [0.2, 0.25) is 0 Å². The van der Waals surface area contributed by atoms with Gasteiger partial charge in [-0.2, -0.15) is 0 Å². The minimum Gasteiger partial charge on any atom is -0.449 e. The third-order valence-corrected chi connectivity index (χ3v) is 8.96. The second-order valence-corrected chi connectivity index (χ2v) is 11.8. The van der Waals surface area contributed by atoms with E-state index in [1.165, 1.54) is 22.3 Å². The maximum absolute atomic E-state index is 6.67. The molecule has 2 aliphatic rings. The van der Waals surface area contributed by atoms with Crippen molar-refractivity contribution >= 4 is 21.8 Å². The summed E-state index contributed by atoms with van der Waals surface area (Å²) in [7, 11) is 0. The third-order valence-electron chi connectivity index (χ3n) is 8.96. The van der Waals surface area contributed by atoms with E-state index in [9.17, 15) is 0 Å². The molecule has 0 fully saturated rings. The molecule has 204 valence electrons. The van der Waals surface area contributed by atoms with Crippen molar-refractivity contribution in [2.75, 3.05) is 0 Å². The largest absolute Gasteiger partial charge is 0.449 e. The zero-order chi connectivity index (χ0) is 28.7. The molecule has 3 heterocycles. The van der Waals surface area contributed by atoms with Crippen molar-refractivity contribution in [2.45, 2.75) is 19.3 Å². The van der Waals surface area contributed by atoms with Crippen LogP contribution in [0, 0.1) is 0 Å². The first-order chi connectivity index (χ1) is 21.0. The third kappa shape index (κ3) is 3.56. The van der Waals surface area contributed by atoms with Gasteiger partial charge in [-0.1, -0.05) is 92.7 Å². The highest BCUT2D eigenvalue weighted by atomic mass is 16.6. The summed E-state index contributed by atoms with van der Waals surface area (Å²) >= 11 is 0. The van der Waals surface area contributed by atoms with Crippen molar-refractivity contribution in [1.29, 1.82) is 0 Å². The maximum Gasteiger partial charge on any atom is 0.177 e. The molecule has 0 radical (unpaired) electrons. The van der Waals surface area contributed by atoms with E-state index in [0.717, 1.165) is 61.4 Å². The molecule has 0 unspecified atom stereocenters. The number of hydrogen-bond acceptors (Lipinski definition) is 4. The van der Waals surface area contributed by atoms with E-state index in [2.05, 4.69) is 116 Å². The number of para-hydroxylation sites is 1. The van der Waals surface area contributed by atoms with E-state index in [0.29, 0.717) is 5.75 Å². The highest BCUT2D eigenvalue weighted by molar-refractivity contribution is 6.03. The van der Waals surface area contributed by atoms with Gasteiger partial charge in [0.25, 0.3) is 0 Å². The van der Waals surface area contributed by atoms with Gasteiger partial charge in [0.05, 0.1) is 16.7 Å². The Bertz CT molecular complexity index is 2290. The van der Waals surface area contributed by atoms with Gasteiger partial charge < -0.3 is 9.47 Å². The first-order valence-electron chi connectivity index (χ1n) is 14.6. The molecule has 0 bridgehead atoms. The number of ether oxygens (including phenoxy) is 2. The Morgan fingerprint density at radius 3 is 2.23 bits per heavy atom. The second kappa shape index (κ2) is 8.76. The second-order valence-electron chi connectivity index (χ2n) is 11.8. The van der Waals surface area contributed by atoms with E-state index in [1.807, 2.05) is 24.4 Å².